The predicted molar refractivity (Wildman–Crippen MR) is 99.8 cm³/mol. The van der Waals surface area contributed by atoms with Gasteiger partial charge in [-0.1, -0.05) is 53.7 Å². The minimum atomic E-state index is -0.268. The quantitative estimate of drug-likeness (QED) is 0.616. The van der Waals surface area contributed by atoms with Crippen molar-refractivity contribution in [2.75, 3.05) is 5.73 Å². The van der Waals surface area contributed by atoms with Gasteiger partial charge in [-0.2, -0.15) is 0 Å². The fourth-order valence-corrected chi connectivity index (χ4v) is 2.76. The van der Waals surface area contributed by atoms with Crippen LogP contribution in [0, 0.1) is 0 Å². The first-order valence-corrected chi connectivity index (χ1v) is 8.19. The minimum absolute atomic E-state index is 0.0849. The lowest BCUT2D eigenvalue weighted by Gasteiger charge is -2.28. The summed E-state index contributed by atoms with van der Waals surface area (Å²) in [6.45, 7) is 12.2. The molecule has 0 aliphatic carbocycles. The highest BCUT2D eigenvalue weighted by atomic mass is 16.3. The van der Waals surface area contributed by atoms with E-state index >= 15 is 0 Å². The molecule has 24 heavy (non-hydrogen) atoms. The predicted octanol–water partition coefficient (Wildman–Crippen LogP) is 4.80. The van der Waals surface area contributed by atoms with Gasteiger partial charge in [-0.25, -0.2) is 0 Å². The first-order chi connectivity index (χ1) is 10.9. The van der Waals surface area contributed by atoms with Crippen molar-refractivity contribution in [2.24, 2.45) is 0 Å². The van der Waals surface area contributed by atoms with Crippen LogP contribution in [0.3, 0.4) is 0 Å². The summed E-state index contributed by atoms with van der Waals surface area (Å²) in [6.07, 6.45) is 0. The van der Waals surface area contributed by atoms with Gasteiger partial charge >= 0.3 is 0 Å². The van der Waals surface area contributed by atoms with Gasteiger partial charge in [0.2, 0.25) is 0 Å². The monoisotopic (exact) mass is 325 g/mol. The number of ketones is 1. The van der Waals surface area contributed by atoms with Gasteiger partial charge < -0.3 is 10.8 Å². The lowest BCUT2D eigenvalue weighted by Crippen LogP contribution is -2.19. The van der Waals surface area contributed by atoms with Crippen LogP contribution in [0.1, 0.15) is 68.6 Å². The Labute approximate surface area is 144 Å². The molecule has 0 aliphatic heterocycles. The van der Waals surface area contributed by atoms with Gasteiger partial charge in [0, 0.05) is 27.9 Å². The summed E-state index contributed by atoms with van der Waals surface area (Å²) >= 11 is 0. The Bertz CT molecular complexity index is 742. The number of phenols is 1. The Balaban J connectivity index is 2.69. The van der Waals surface area contributed by atoms with E-state index in [9.17, 15) is 9.90 Å². The van der Waals surface area contributed by atoms with E-state index in [1.807, 2.05) is 41.5 Å². The Kier molecular flexibility index (Phi) is 4.49. The average molecular weight is 325 g/mol. The van der Waals surface area contributed by atoms with Crippen molar-refractivity contribution >= 4 is 11.5 Å². The van der Waals surface area contributed by atoms with E-state index in [1.165, 1.54) is 0 Å². The Morgan fingerprint density at radius 3 is 1.79 bits per heavy atom. The summed E-state index contributed by atoms with van der Waals surface area (Å²) in [6, 6.07) is 10.6. The smallest absolute Gasteiger partial charge is 0.193 e. The van der Waals surface area contributed by atoms with Crippen molar-refractivity contribution in [3.8, 4) is 5.75 Å². The van der Waals surface area contributed by atoms with E-state index in [4.69, 9.17) is 5.73 Å². The van der Waals surface area contributed by atoms with Gasteiger partial charge in [0.05, 0.1) is 0 Å². The summed E-state index contributed by atoms with van der Waals surface area (Å²) in [4.78, 5) is 12.9. The molecular formula is C21H27NO2. The molecule has 0 amide bonds. The van der Waals surface area contributed by atoms with Gasteiger partial charge in [-0.15, -0.1) is 0 Å². The minimum Gasteiger partial charge on any atom is -0.507 e. The van der Waals surface area contributed by atoms with Crippen LogP contribution in [-0.4, -0.2) is 10.9 Å². The lowest BCUT2D eigenvalue weighted by atomic mass is 9.77. The summed E-state index contributed by atoms with van der Waals surface area (Å²) < 4.78 is 0. The normalized spacial score (nSPS) is 12.2. The molecule has 3 nitrogen and oxygen atoms in total. The summed E-state index contributed by atoms with van der Waals surface area (Å²) in [5, 5.41) is 10.7. The Morgan fingerprint density at radius 1 is 0.875 bits per heavy atom. The number of hydrogen-bond acceptors (Lipinski definition) is 3. The third-order valence-electron chi connectivity index (χ3n) is 4.14. The molecular weight excluding hydrogens is 298 g/mol. The first-order valence-electron chi connectivity index (χ1n) is 8.19. The number of nitrogen functional groups attached to an aromatic ring is 1. The molecule has 128 valence electrons. The van der Waals surface area contributed by atoms with E-state index in [0.29, 0.717) is 16.8 Å². The molecule has 0 fully saturated rings. The van der Waals surface area contributed by atoms with Crippen LogP contribution in [0.15, 0.2) is 36.4 Å². The maximum atomic E-state index is 12.9. The molecule has 0 saturated carbocycles. The number of hydrogen-bond donors (Lipinski definition) is 2. The Morgan fingerprint density at radius 2 is 1.38 bits per heavy atom. The van der Waals surface area contributed by atoms with Crippen molar-refractivity contribution in [2.45, 2.75) is 52.4 Å². The molecule has 0 aliphatic rings. The maximum Gasteiger partial charge on any atom is 0.193 e. The number of phenolic OH excluding ortho intramolecular Hbond substituents is 1. The molecule has 0 heterocycles. The van der Waals surface area contributed by atoms with Crippen molar-refractivity contribution in [3.63, 3.8) is 0 Å². The zero-order valence-corrected chi connectivity index (χ0v) is 15.4. The van der Waals surface area contributed by atoms with Crippen LogP contribution in [0.5, 0.6) is 5.75 Å². The van der Waals surface area contributed by atoms with Crippen LogP contribution >= 0.6 is 0 Å². The van der Waals surface area contributed by atoms with Gasteiger partial charge in [0.15, 0.2) is 5.78 Å². The highest BCUT2D eigenvalue weighted by Crippen LogP contribution is 2.40. The lowest BCUT2D eigenvalue weighted by molar-refractivity contribution is 0.103. The van der Waals surface area contributed by atoms with E-state index in [0.717, 1.165) is 11.1 Å². The molecule has 0 bridgehead atoms. The molecule has 0 atom stereocenters. The second-order valence-electron chi connectivity index (χ2n) is 8.37. The Hall–Kier alpha value is -2.29. The summed E-state index contributed by atoms with van der Waals surface area (Å²) in [7, 11) is 0. The fourth-order valence-electron chi connectivity index (χ4n) is 2.76. The topological polar surface area (TPSA) is 63.3 Å². The van der Waals surface area contributed by atoms with Crippen LogP contribution < -0.4 is 5.73 Å². The third-order valence-corrected chi connectivity index (χ3v) is 4.14. The van der Waals surface area contributed by atoms with E-state index < -0.39 is 0 Å². The van der Waals surface area contributed by atoms with E-state index in [2.05, 4.69) is 0 Å². The third kappa shape index (κ3) is 3.61. The van der Waals surface area contributed by atoms with Crippen molar-refractivity contribution in [1.82, 2.24) is 0 Å². The molecule has 0 saturated heterocycles. The van der Waals surface area contributed by atoms with Gasteiger partial charge in [-0.3, -0.25) is 4.79 Å². The standard InChI is InChI=1S/C21H27NO2/c1-20(2,3)16-11-14(12-17(19(16)24)21(4,5)6)18(23)13-8-7-9-15(22)10-13/h7-12,24H,22H2,1-6H3. The molecule has 0 spiro atoms. The fraction of sp³-hybridized carbons (Fsp3) is 0.381. The summed E-state index contributed by atoms with van der Waals surface area (Å²) in [5.74, 6) is 0.192. The first kappa shape index (κ1) is 18.1. The van der Waals surface area contributed by atoms with Crippen LogP contribution in [0.2, 0.25) is 0 Å². The van der Waals surface area contributed by atoms with Crippen molar-refractivity contribution < 1.29 is 9.90 Å². The molecule has 0 aromatic heterocycles. The SMILES string of the molecule is CC(C)(C)c1cc(C(=O)c2cccc(N)c2)cc(C(C)(C)C)c1O. The molecule has 3 heteroatoms. The molecule has 2 aromatic rings. The van der Waals surface area contributed by atoms with Crippen LogP contribution in [0.4, 0.5) is 5.69 Å². The number of nitrogens with two attached hydrogens (primary N) is 1. The largest absolute Gasteiger partial charge is 0.507 e. The highest BCUT2D eigenvalue weighted by molar-refractivity contribution is 6.09. The number of anilines is 1. The average Bonchev–Trinajstić information content (AvgIpc) is 2.44. The molecule has 2 rings (SSSR count). The van der Waals surface area contributed by atoms with Crippen LogP contribution in [0.25, 0.3) is 0 Å². The van der Waals surface area contributed by atoms with Gasteiger partial charge in [-0.05, 0) is 35.1 Å². The number of benzene rings is 2. The second-order valence-corrected chi connectivity index (χ2v) is 8.37. The zero-order valence-electron chi connectivity index (χ0n) is 15.4. The molecule has 0 radical (unpaired) electrons. The van der Waals surface area contributed by atoms with Crippen LogP contribution in [-0.2, 0) is 10.8 Å². The van der Waals surface area contributed by atoms with Crippen molar-refractivity contribution in [1.29, 1.82) is 0 Å². The van der Waals surface area contributed by atoms with Crippen molar-refractivity contribution in [3.05, 3.63) is 58.7 Å². The number of carbonyl (C=O) groups excluding carboxylic acids is 1. The van der Waals surface area contributed by atoms with Gasteiger partial charge in [0.25, 0.3) is 0 Å². The highest BCUT2D eigenvalue weighted by Gasteiger charge is 2.28. The molecule has 0 unspecified atom stereocenters. The maximum absolute atomic E-state index is 12.9. The van der Waals surface area contributed by atoms with E-state index in [-0.39, 0.29) is 22.4 Å². The molecule has 3 N–H and O–H groups in total. The number of aromatic hydroxyl groups is 1. The second kappa shape index (κ2) is 5.97. The number of rotatable bonds is 2. The van der Waals surface area contributed by atoms with Gasteiger partial charge in [0.1, 0.15) is 5.75 Å². The molecule has 2 aromatic carbocycles. The number of carbonyl (C=O) groups is 1. The summed E-state index contributed by atoms with van der Waals surface area (Å²) in [5.41, 5.74) is 8.52. The van der Waals surface area contributed by atoms with E-state index in [1.54, 1.807) is 36.4 Å². The zero-order chi connectivity index (χ0) is 18.3.